The van der Waals surface area contributed by atoms with E-state index in [0.29, 0.717) is 76.4 Å². The quantitative estimate of drug-likeness (QED) is 0.0245. The Morgan fingerprint density at radius 2 is 0.507 bits per heavy atom. The summed E-state index contributed by atoms with van der Waals surface area (Å²) >= 11 is 0. The van der Waals surface area contributed by atoms with Crippen molar-refractivity contribution >= 4 is 23.9 Å². The molecule has 0 heterocycles. The topological polar surface area (TPSA) is 124 Å². The average molecular weight is 961 g/mol. The monoisotopic (exact) mass is 960 g/mol. The van der Waals surface area contributed by atoms with Gasteiger partial charge in [-0.2, -0.15) is 0 Å². The summed E-state index contributed by atoms with van der Waals surface area (Å²) in [5.41, 5.74) is 3.36. The summed E-state index contributed by atoms with van der Waals surface area (Å²) in [6.45, 7) is 5.76. The lowest BCUT2D eigenvalue weighted by Crippen LogP contribution is -2.10. The molecule has 6 aromatic carbocycles. The van der Waals surface area contributed by atoms with Crippen LogP contribution in [0.2, 0.25) is 0 Å². The second kappa shape index (κ2) is 29.7. The Kier molecular flexibility index (Phi) is 22.3. The van der Waals surface area contributed by atoms with Gasteiger partial charge in [0.2, 0.25) is 0 Å². The third-order valence-corrected chi connectivity index (χ3v) is 12.0. The molecule has 10 nitrogen and oxygen atoms in total. The summed E-state index contributed by atoms with van der Waals surface area (Å²) in [4.78, 5) is 51.4. The predicted octanol–water partition coefficient (Wildman–Crippen LogP) is 15.2. The molecule has 0 amide bonds. The number of ether oxygens (including phenoxy) is 6. The Morgan fingerprint density at radius 1 is 0.282 bits per heavy atom. The van der Waals surface area contributed by atoms with Gasteiger partial charge in [-0.15, -0.1) is 0 Å². The Labute approximate surface area is 419 Å². The first-order valence-electron chi connectivity index (χ1n) is 25.5. The number of benzene rings is 6. The lowest BCUT2D eigenvalue weighted by Gasteiger charge is -2.09. The summed E-state index contributed by atoms with van der Waals surface area (Å²) < 4.78 is 34.0. The van der Waals surface area contributed by atoms with Crippen LogP contribution in [0.5, 0.6) is 34.5 Å². The third kappa shape index (κ3) is 18.9. The Morgan fingerprint density at radius 3 is 0.775 bits per heavy atom. The minimum atomic E-state index is -0.547. The van der Waals surface area contributed by atoms with E-state index in [0.717, 1.165) is 36.8 Å². The minimum Gasteiger partial charge on any atom is -0.494 e. The van der Waals surface area contributed by atoms with E-state index in [2.05, 4.69) is 13.8 Å². The third-order valence-electron chi connectivity index (χ3n) is 12.0. The average Bonchev–Trinajstić information content (AvgIpc) is 3.39. The van der Waals surface area contributed by atoms with E-state index in [1.165, 1.54) is 77.0 Å². The van der Waals surface area contributed by atoms with Crippen LogP contribution >= 0.6 is 0 Å². The van der Waals surface area contributed by atoms with Crippen molar-refractivity contribution in [2.45, 2.75) is 123 Å². The molecular weight excluding hydrogens is 893 g/mol. The van der Waals surface area contributed by atoms with Crippen molar-refractivity contribution in [3.05, 3.63) is 179 Å². The van der Waals surface area contributed by atoms with Gasteiger partial charge in [-0.1, -0.05) is 128 Å². The highest BCUT2D eigenvalue weighted by Crippen LogP contribution is 2.23. The number of unbranched alkanes of at least 4 members (excludes halogenated alkanes) is 14. The fourth-order valence-electron chi connectivity index (χ4n) is 7.79. The molecule has 0 bridgehead atoms. The number of rotatable bonds is 30. The van der Waals surface area contributed by atoms with E-state index in [4.69, 9.17) is 28.4 Å². The number of carbonyl (C=O) groups excluding carboxylic acids is 4. The van der Waals surface area contributed by atoms with Gasteiger partial charge in [0.15, 0.2) is 0 Å². The van der Waals surface area contributed by atoms with E-state index in [9.17, 15) is 19.2 Å². The van der Waals surface area contributed by atoms with Crippen LogP contribution in [0.15, 0.2) is 146 Å². The van der Waals surface area contributed by atoms with E-state index in [1.807, 2.05) is 24.3 Å². The Bertz CT molecular complexity index is 2340. The van der Waals surface area contributed by atoms with Gasteiger partial charge in [0.05, 0.1) is 35.5 Å². The van der Waals surface area contributed by atoms with Crippen molar-refractivity contribution in [2.24, 2.45) is 0 Å². The highest BCUT2D eigenvalue weighted by Gasteiger charge is 2.15. The molecular formula is C61H68O10. The molecule has 0 aliphatic rings. The Hall–Kier alpha value is -7.20. The van der Waals surface area contributed by atoms with E-state index < -0.39 is 23.9 Å². The van der Waals surface area contributed by atoms with Crippen molar-refractivity contribution in [1.82, 2.24) is 0 Å². The lowest BCUT2D eigenvalue weighted by atomic mass is 10.0. The van der Waals surface area contributed by atoms with E-state index >= 15 is 0 Å². The minimum absolute atomic E-state index is 0.302. The number of hydrogen-bond acceptors (Lipinski definition) is 10. The summed E-state index contributed by atoms with van der Waals surface area (Å²) in [5.74, 6) is 0.683. The second-order valence-corrected chi connectivity index (χ2v) is 17.8. The molecule has 0 saturated carbocycles. The summed E-state index contributed by atoms with van der Waals surface area (Å²) in [5, 5.41) is 0. The maximum atomic E-state index is 12.9. The van der Waals surface area contributed by atoms with E-state index in [1.54, 1.807) is 121 Å². The molecule has 0 unspecified atom stereocenters. The molecule has 0 radical (unpaired) electrons. The van der Waals surface area contributed by atoms with Gasteiger partial charge < -0.3 is 28.4 Å². The highest BCUT2D eigenvalue weighted by molar-refractivity contribution is 5.94. The molecule has 0 aliphatic heterocycles. The zero-order valence-corrected chi connectivity index (χ0v) is 41.4. The van der Waals surface area contributed by atoms with Gasteiger partial charge >= 0.3 is 23.9 Å². The molecule has 0 N–H and O–H groups in total. The van der Waals surface area contributed by atoms with E-state index in [-0.39, 0.29) is 0 Å². The Balaban J connectivity index is 0.863. The maximum absolute atomic E-state index is 12.9. The molecule has 0 aliphatic carbocycles. The number of hydrogen-bond donors (Lipinski definition) is 0. The normalized spacial score (nSPS) is 10.8. The first-order chi connectivity index (χ1) is 34.8. The van der Waals surface area contributed by atoms with Crippen LogP contribution in [-0.2, 0) is 6.42 Å². The molecule has 71 heavy (non-hydrogen) atoms. The number of carbonyl (C=O) groups is 4. The van der Waals surface area contributed by atoms with Crippen molar-refractivity contribution in [3.63, 3.8) is 0 Å². The SMILES string of the molecule is CCCCCCCCCCOc1ccc(C(=O)Oc2ccc(C(=O)Oc3ccc(Cc4ccc(OC(=O)c5ccc(OC(=O)c6ccc(OCCCCCCCCCC)cc6)cc5)cc4)cc3)cc2)cc1. The van der Waals surface area contributed by atoms with Gasteiger partial charge in [0, 0.05) is 0 Å². The molecule has 0 spiro atoms. The predicted molar refractivity (Wildman–Crippen MR) is 278 cm³/mol. The maximum Gasteiger partial charge on any atom is 0.343 e. The molecule has 6 aromatic rings. The summed E-state index contributed by atoms with van der Waals surface area (Å²) in [7, 11) is 0. The smallest absolute Gasteiger partial charge is 0.343 e. The van der Waals surface area contributed by atoms with Crippen molar-refractivity contribution < 1.29 is 47.6 Å². The van der Waals surface area contributed by atoms with Gasteiger partial charge in [0.1, 0.15) is 34.5 Å². The fraction of sp³-hybridized carbons (Fsp3) is 0.344. The molecule has 0 aromatic heterocycles. The van der Waals surface area contributed by atoms with Crippen molar-refractivity contribution in [3.8, 4) is 34.5 Å². The van der Waals surface area contributed by atoms with Crippen LogP contribution in [0.1, 0.15) is 169 Å². The fourth-order valence-corrected chi connectivity index (χ4v) is 7.79. The largest absolute Gasteiger partial charge is 0.494 e. The van der Waals surface area contributed by atoms with Crippen LogP contribution in [0.25, 0.3) is 0 Å². The molecule has 372 valence electrons. The van der Waals surface area contributed by atoms with Crippen molar-refractivity contribution in [1.29, 1.82) is 0 Å². The molecule has 0 saturated heterocycles. The molecule has 6 rings (SSSR count). The van der Waals surface area contributed by atoms with Crippen LogP contribution in [0.3, 0.4) is 0 Å². The standard InChI is InChI=1S/C61H68O10/c1-3-5-7-9-11-13-15-17-43-66-52-35-23-48(24-36-52)58(62)70-56-39-27-50(28-40-56)60(64)68-54-31-19-46(20-32-54)45-47-21-33-55(34-22-47)69-61(65)51-29-41-57(42-30-51)71-59(63)49-25-37-53(38-26-49)67-44-18-16-14-12-10-8-6-4-2/h19-42H,3-18,43-45H2,1-2H3. The summed E-state index contributed by atoms with van der Waals surface area (Å²) in [6, 6.07) is 40.6. The first kappa shape index (κ1) is 53.2. The number of esters is 4. The van der Waals surface area contributed by atoms with Crippen LogP contribution in [-0.4, -0.2) is 37.1 Å². The molecule has 0 fully saturated rings. The lowest BCUT2D eigenvalue weighted by molar-refractivity contribution is 0.0720. The van der Waals surface area contributed by atoms with Crippen LogP contribution in [0.4, 0.5) is 0 Å². The first-order valence-corrected chi connectivity index (χ1v) is 25.5. The van der Waals surface area contributed by atoms with Crippen LogP contribution in [0, 0.1) is 0 Å². The zero-order chi connectivity index (χ0) is 49.9. The van der Waals surface area contributed by atoms with Gasteiger partial charge in [0.25, 0.3) is 0 Å². The van der Waals surface area contributed by atoms with Gasteiger partial charge in [-0.25, -0.2) is 19.2 Å². The second-order valence-electron chi connectivity index (χ2n) is 17.8. The molecule has 0 atom stereocenters. The van der Waals surface area contributed by atoms with Gasteiger partial charge in [-0.3, -0.25) is 0 Å². The molecule has 10 heteroatoms. The van der Waals surface area contributed by atoms with Crippen LogP contribution < -0.4 is 28.4 Å². The summed E-state index contributed by atoms with van der Waals surface area (Å²) in [6.07, 6.45) is 20.4. The van der Waals surface area contributed by atoms with Crippen molar-refractivity contribution in [2.75, 3.05) is 13.2 Å². The van der Waals surface area contributed by atoms with Gasteiger partial charge in [-0.05, 0) is 152 Å². The highest BCUT2D eigenvalue weighted by atomic mass is 16.5. The zero-order valence-electron chi connectivity index (χ0n) is 41.4.